The summed E-state index contributed by atoms with van der Waals surface area (Å²) in [7, 11) is 0. The molecule has 4 saturated carbocycles. The number of halogens is 1. The lowest BCUT2D eigenvalue weighted by atomic mass is 9.44. The van der Waals surface area contributed by atoms with Crippen LogP contribution >= 0.6 is 15.9 Å². The molecule has 4 aliphatic rings. The molecule has 1 N–H and O–H groups in total. The maximum atomic E-state index is 11.3. The van der Waals surface area contributed by atoms with E-state index < -0.39 is 5.60 Å². The monoisotopic (exact) mass is 380 g/mol. The molecule has 1 nitrogen and oxygen atoms in total. The Hall–Kier alpha value is 0.180. The summed E-state index contributed by atoms with van der Waals surface area (Å²) < 4.78 is 0. The summed E-state index contributed by atoms with van der Waals surface area (Å²) in [5, 5.41) is 11.3. The van der Waals surface area contributed by atoms with E-state index in [0.29, 0.717) is 11.3 Å². The molecule has 4 fully saturated rings. The molecule has 0 spiro atoms. The number of hydrogen-bond acceptors (Lipinski definition) is 1. The van der Waals surface area contributed by atoms with Crippen LogP contribution in [-0.4, -0.2) is 15.5 Å². The average molecular weight is 381 g/mol. The molecule has 0 radical (unpaired) electrons. The van der Waals surface area contributed by atoms with Gasteiger partial charge in [0.25, 0.3) is 0 Å². The summed E-state index contributed by atoms with van der Waals surface area (Å²) >= 11 is 3.82. The normalized spacial score (nSPS) is 58.9. The van der Waals surface area contributed by atoms with Gasteiger partial charge in [0, 0.05) is 10.2 Å². The zero-order chi connectivity index (χ0) is 16.5. The highest BCUT2D eigenvalue weighted by atomic mass is 79.9. The fourth-order valence-corrected chi connectivity index (χ4v) is 8.78. The zero-order valence-electron chi connectivity index (χ0n) is 14.9. The van der Waals surface area contributed by atoms with Crippen molar-refractivity contribution in [3.8, 4) is 0 Å². The van der Waals surface area contributed by atoms with Crippen molar-refractivity contribution in [2.75, 3.05) is 0 Å². The second-order valence-electron chi connectivity index (χ2n) is 9.59. The van der Waals surface area contributed by atoms with Gasteiger partial charge < -0.3 is 5.11 Å². The van der Waals surface area contributed by atoms with Crippen molar-refractivity contribution in [2.45, 2.75) is 82.1 Å². The maximum absolute atomic E-state index is 11.3. The van der Waals surface area contributed by atoms with Crippen LogP contribution in [0.5, 0.6) is 0 Å². The first-order chi connectivity index (χ1) is 10.9. The Bertz CT molecular complexity index is 504. The lowest BCUT2D eigenvalue weighted by Crippen LogP contribution is -2.56. The lowest BCUT2D eigenvalue weighted by Gasteiger charge is -2.61. The van der Waals surface area contributed by atoms with Crippen molar-refractivity contribution in [1.82, 2.24) is 0 Å². The molecule has 0 bridgehead atoms. The first kappa shape index (κ1) is 16.6. The Labute approximate surface area is 150 Å². The van der Waals surface area contributed by atoms with Crippen LogP contribution < -0.4 is 0 Å². The highest BCUT2D eigenvalue weighted by Gasteiger charge is 2.66. The van der Waals surface area contributed by atoms with Crippen molar-refractivity contribution in [3.63, 3.8) is 0 Å². The Balaban J connectivity index is 1.69. The van der Waals surface area contributed by atoms with Crippen molar-refractivity contribution < 1.29 is 5.11 Å². The van der Waals surface area contributed by atoms with E-state index in [4.69, 9.17) is 0 Å². The van der Waals surface area contributed by atoms with Crippen LogP contribution in [0.1, 0.15) is 71.6 Å². The topological polar surface area (TPSA) is 20.2 Å². The van der Waals surface area contributed by atoms with E-state index in [1.54, 1.807) is 0 Å². The van der Waals surface area contributed by atoms with Crippen LogP contribution in [-0.2, 0) is 0 Å². The summed E-state index contributed by atoms with van der Waals surface area (Å²) in [5.74, 6) is 3.35. The largest absolute Gasteiger partial charge is 0.384 e. The van der Waals surface area contributed by atoms with Gasteiger partial charge in [0.1, 0.15) is 5.60 Å². The van der Waals surface area contributed by atoms with Crippen molar-refractivity contribution in [3.05, 3.63) is 12.7 Å². The molecule has 0 heterocycles. The van der Waals surface area contributed by atoms with E-state index in [0.717, 1.165) is 24.2 Å². The minimum absolute atomic E-state index is 0.0158. The van der Waals surface area contributed by atoms with E-state index in [-0.39, 0.29) is 10.2 Å². The van der Waals surface area contributed by atoms with E-state index in [9.17, 15) is 5.11 Å². The van der Waals surface area contributed by atoms with Gasteiger partial charge in [-0.15, -0.1) is 6.58 Å². The summed E-state index contributed by atoms with van der Waals surface area (Å²) in [6.45, 7) is 8.98. The Morgan fingerprint density at radius 1 is 1.04 bits per heavy atom. The number of hydrogen-bond donors (Lipinski definition) is 1. The third-order valence-corrected chi connectivity index (χ3v) is 10.2. The molecule has 23 heavy (non-hydrogen) atoms. The predicted octanol–water partition coefficient (Wildman–Crippen LogP) is 5.71. The van der Waals surface area contributed by atoms with Gasteiger partial charge in [-0.05, 0) is 74.0 Å². The van der Waals surface area contributed by atoms with Gasteiger partial charge in [-0.25, -0.2) is 0 Å². The first-order valence-corrected chi connectivity index (χ1v) is 10.8. The van der Waals surface area contributed by atoms with Gasteiger partial charge in [-0.2, -0.15) is 0 Å². The van der Waals surface area contributed by atoms with E-state index >= 15 is 0 Å². The van der Waals surface area contributed by atoms with Crippen LogP contribution in [0.25, 0.3) is 0 Å². The van der Waals surface area contributed by atoms with Crippen molar-refractivity contribution >= 4 is 15.9 Å². The summed E-state index contributed by atoms with van der Waals surface area (Å²) in [4.78, 5) is 0.179. The molecular formula is C21H33BrO. The first-order valence-electron chi connectivity index (χ1n) is 9.87. The van der Waals surface area contributed by atoms with Crippen molar-refractivity contribution in [2.24, 2.45) is 34.5 Å². The maximum Gasteiger partial charge on any atom is 0.101 e. The predicted molar refractivity (Wildman–Crippen MR) is 99.6 cm³/mol. The van der Waals surface area contributed by atoms with E-state index in [1.165, 1.54) is 51.4 Å². The van der Waals surface area contributed by atoms with Gasteiger partial charge in [0.05, 0.1) is 0 Å². The smallest absolute Gasteiger partial charge is 0.101 e. The van der Waals surface area contributed by atoms with E-state index in [2.05, 4.69) is 36.4 Å². The minimum atomic E-state index is -0.729. The molecule has 0 aliphatic heterocycles. The van der Waals surface area contributed by atoms with Crippen LogP contribution in [0.15, 0.2) is 12.7 Å². The molecule has 0 amide bonds. The molecule has 0 aromatic rings. The van der Waals surface area contributed by atoms with Gasteiger partial charge in [0.15, 0.2) is 0 Å². The number of rotatable bonds is 1. The quantitative estimate of drug-likeness (QED) is 0.456. The summed E-state index contributed by atoms with van der Waals surface area (Å²) in [6.07, 6.45) is 14.1. The highest BCUT2D eigenvalue weighted by Crippen LogP contribution is 2.69. The molecule has 4 rings (SSSR count). The Morgan fingerprint density at radius 3 is 2.57 bits per heavy atom. The highest BCUT2D eigenvalue weighted by molar-refractivity contribution is 9.09. The Kier molecular flexibility index (Phi) is 3.86. The zero-order valence-corrected chi connectivity index (χ0v) is 16.4. The second kappa shape index (κ2) is 5.34. The van der Waals surface area contributed by atoms with Crippen LogP contribution in [0.2, 0.25) is 0 Å². The molecule has 4 aliphatic carbocycles. The van der Waals surface area contributed by atoms with Gasteiger partial charge in [0.2, 0.25) is 0 Å². The van der Waals surface area contributed by atoms with Crippen LogP contribution in [0.4, 0.5) is 0 Å². The number of alkyl halides is 1. The standard InChI is InChI=1S/C21H33BrO/c1-4-21(23)18(22)13-17-15-9-8-14-7-5-6-11-19(14,2)16(15)10-12-20(17,21)3/h4,14-18,23H,1,5-13H2,2-3H3/t14?,15-,16+,17+,18?,19+,20+,21-/m1/s1. The van der Waals surface area contributed by atoms with Gasteiger partial charge in [-0.3, -0.25) is 0 Å². The summed E-state index contributed by atoms with van der Waals surface area (Å²) in [5.41, 5.74) is -0.131. The SMILES string of the molecule is C=C[C@@]1(O)C(Br)C[C@H]2[C@@H]3CCC4CCCC[C@]4(C)[C@H]3CC[C@@]21C. The average Bonchev–Trinajstić information content (AvgIpc) is 2.75. The van der Waals surface area contributed by atoms with Crippen LogP contribution in [0, 0.1) is 34.5 Å². The third kappa shape index (κ3) is 2.00. The molecule has 0 aromatic carbocycles. The van der Waals surface area contributed by atoms with Gasteiger partial charge in [-0.1, -0.05) is 48.7 Å². The minimum Gasteiger partial charge on any atom is -0.384 e. The molecule has 0 saturated heterocycles. The molecule has 2 unspecified atom stereocenters. The fraction of sp³-hybridized carbons (Fsp3) is 0.905. The molecule has 2 heteroatoms. The van der Waals surface area contributed by atoms with E-state index in [1.807, 2.05) is 6.08 Å². The van der Waals surface area contributed by atoms with Crippen LogP contribution in [0.3, 0.4) is 0 Å². The van der Waals surface area contributed by atoms with Gasteiger partial charge >= 0.3 is 0 Å². The lowest BCUT2D eigenvalue weighted by molar-refractivity contribution is -0.136. The molecule has 130 valence electrons. The molecule has 8 atom stereocenters. The fourth-order valence-electron chi connectivity index (χ4n) is 7.67. The Morgan fingerprint density at radius 2 is 1.83 bits per heavy atom. The third-order valence-electron chi connectivity index (χ3n) is 9.14. The second-order valence-corrected chi connectivity index (χ2v) is 10.7. The summed E-state index contributed by atoms with van der Waals surface area (Å²) in [6, 6.07) is 0. The molecular weight excluding hydrogens is 348 g/mol. The van der Waals surface area contributed by atoms with Crippen molar-refractivity contribution in [1.29, 1.82) is 0 Å². The molecule has 0 aromatic heterocycles. The number of aliphatic hydroxyl groups is 1. The number of fused-ring (bicyclic) bond motifs is 5.